The molecule has 1 aliphatic rings. The molecule has 33 heavy (non-hydrogen) atoms. The van der Waals surface area contributed by atoms with Gasteiger partial charge in [0.15, 0.2) is 11.5 Å². The molecule has 1 atom stereocenters. The Morgan fingerprint density at radius 3 is 2.36 bits per heavy atom. The van der Waals surface area contributed by atoms with Crippen molar-refractivity contribution in [2.24, 2.45) is 5.92 Å². The van der Waals surface area contributed by atoms with Crippen molar-refractivity contribution in [2.75, 3.05) is 14.2 Å². The minimum absolute atomic E-state index is 0.242. The van der Waals surface area contributed by atoms with E-state index in [4.69, 9.17) is 14.2 Å². The highest BCUT2D eigenvalue weighted by atomic mass is 16.5. The number of hydrogen-bond acceptors (Lipinski definition) is 4. The van der Waals surface area contributed by atoms with Gasteiger partial charge in [-0.25, -0.2) is 0 Å². The van der Waals surface area contributed by atoms with E-state index in [2.05, 4.69) is 31.2 Å². The number of benzene rings is 3. The Morgan fingerprint density at radius 1 is 0.818 bits per heavy atom. The Morgan fingerprint density at radius 2 is 1.61 bits per heavy atom. The van der Waals surface area contributed by atoms with Gasteiger partial charge < -0.3 is 19.3 Å². The monoisotopic (exact) mass is 446 g/mol. The van der Waals surface area contributed by atoms with Gasteiger partial charge in [-0.3, -0.25) is 0 Å². The fraction of sp³-hybridized carbons (Fsp3) is 0.379. The van der Waals surface area contributed by atoms with Gasteiger partial charge in [0.05, 0.1) is 14.2 Å². The molecule has 0 fully saturated rings. The second kappa shape index (κ2) is 10.7. The second-order valence-electron chi connectivity index (χ2n) is 8.99. The maximum atomic E-state index is 10.8. The summed E-state index contributed by atoms with van der Waals surface area (Å²) < 4.78 is 18.1. The first-order valence-corrected chi connectivity index (χ1v) is 11.9. The van der Waals surface area contributed by atoms with E-state index in [1.165, 1.54) is 18.4 Å². The molecule has 4 heteroatoms. The van der Waals surface area contributed by atoms with Crippen LogP contribution in [-0.4, -0.2) is 19.3 Å². The highest BCUT2D eigenvalue weighted by molar-refractivity contribution is 5.81. The lowest BCUT2D eigenvalue weighted by Crippen LogP contribution is -2.04. The summed E-state index contributed by atoms with van der Waals surface area (Å²) in [7, 11) is 3.28. The first-order valence-electron chi connectivity index (χ1n) is 11.9. The molecule has 4 bridgehead atoms. The molecule has 174 valence electrons. The summed E-state index contributed by atoms with van der Waals surface area (Å²) in [5, 5.41) is 10.8. The molecular formula is C29H34O4. The first-order chi connectivity index (χ1) is 16.1. The fourth-order valence-corrected chi connectivity index (χ4v) is 4.66. The quantitative estimate of drug-likeness (QED) is 0.461. The van der Waals surface area contributed by atoms with E-state index in [1.54, 1.807) is 20.3 Å². The summed E-state index contributed by atoms with van der Waals surface area (Å²) in [5.74, 6) is 2.80. The third kappa shape index (κ3) is 5.27. The minimum atomic E-state index is 0.242. The van der Waals surface area contributed by atoms with Crippen LogP contribution in [0.5, 0.6) is 23.0 Å². The van der Waals surface area contributed by atoms with Crippen molar-refractivity contribution in [3.8, 4) is 34.1 Å². The van der Waals surface area contributed by atoms with Crippen LogP contribution in [-0.2, 0) is 19.4 Å². The predicted octanol–water partition coefficient (Wildman–Crippen LogP) is 6.95. The number of phenols is 1. The van der Waals surface area contributed by atoms with Gasteiger partial charge in [0.2, 0.25) is 5.75 Å². The molecule has 0 aromatic heterocycles. The lowest BCUT2D eigenvalue weighted by atomic mass is 9.94. The third-order valence-electron chi connectivity index (χ3n) is 6.57. The van der Waals surface area contributed by atoms with Crippen molar-refractivity contribution in [3.63, 3.8) is 0 Å². The van der Waals surface area contributed by atoms with Crippen LogP contribution in [0.3, 0.4) is 0 Å². The fourth-order valence-electron chi connectivity index (χ4n) is 4.66. The van der Waals surface area contributed by atoms with Gasteiger partial charge in [-0.2, -0.15) is 0 Å². The van der Waals surface area contributed by atoms with Crippen molar-refractivity contribution in [1.29, 1.82) is 0 Å². The van der Waals surface area contributed by atoms with Gasteiger partial charge in [-0.15, -0.1) is 0 Å². The van der Waals surface area contributed by atoms with Gasteiger partial charge in [0.1, 0.15) is 12.4 Å². The highest BCUT2D eigenvalue weighted by Gasteiger charge is 2.24. The average molecular weight is 447 g/mol. The molecule has 3 aromatic rings. The van der Waals surface area contributed by atoms with E-state index in [0.29, 0.717) is 24.0 Å². The van der Waals surface area contributed by atoms with Gasteiger partial charge >= 0.3 is 0 Å². The smallest absolute Gasteiger partial charge is 0.204 e. The average Bonchev–Trinajstić information content (AvgIpc) is 2.85. The molecule has 4 rings (SSSR count). The number of phenolic OH excluding ortho intramolecular Hbond substituents is 1. The summed E-state index contributed by atoms with van der Waals surface area (Å²) in [6.07, 6.45) is 6.49. The topological polar surface area (TPSA) is 47.9 Å². The molecular weight excluding hydrogens is 412 g/mol. The van der Waals surface area contributed by atoms with Crippen molar-refractivity contribution < 1.29 is 19.3 Å². The van der Waals surface area contributed by atoms with Gasteiger partial charge in [0, 0.05) is 11.1 Å². The van der Waals surface area contributed by atoms with Crippen molar-refractivity contribution >= 4 is 0 Å². The number of aryl methyl sites for hydroxylation is 2. The number of hydrogen-bond donors (Lipinski definition) is 1. The minimum Gasteiger partial charge on any atom is -0.507 e. The number of ether oxygens (including phenoxy) is 3. The van der Waals surface area contributed by atoms with Crippen LogP contribution in [0.15, 0.2) is 54.6 Å². The Balaban J connectivity index is 1.84. The molecule has 0 saturated heterocycles. The molecule has 0 heterocycles. The second-order valence-corrected chi connectivity index (χ2v) is 8.99. The largest absolute Gasteiger partial charge is 0.507 e. The summed E-state index contributed by atoms with van der Waals surface area (Å²) in [6.45, 7) is 2.78. The Bertz CT molecular complexity index is 1070. The number of fused-ring (bicyclic) bond motifs is 5. The maximum absolute atomic E-state index is 10.8. The third-order valence-corrected chi connectivity index (χ3v) is 6.57. The standard InChI is InChI=1S/C29H34O4/c1-20-9-7-8-12-23-18-25(24-17-21(14-13-20)15-16-26(24)30)28(31-2)29(32-3)27(23)33-19-22-10-5-4-6-11-22/h4-6,10-11,15-18,20,30H,7-9,12-14,19H2,1-3H3. The number of rotatable bonds is 5. The van der Waals surface area contributed by atoms with E-state index >= 15 is 0 Å². The summed E-state index contributed by atoms with van der Waals surface area (Å²) in [4.78, 5) is 0. The molecule has 1 N–H and O–H groups in total. The molecule has 1 aliphatic carbocycles. The Kier molecular flexibility index (Phi) is 7.43. The zero-order valence-corrected chi connectivity index (χ0v) is 19.9. The molecule has 1 unspecified atom stereocenters. The van der Waals surface area contributed by atoms with Crippen LogP contribution in [0.1, 0.15) is 49.3 Å². The SMILES string of the molecule is COc1c2cc(c(OCc3ccccc3)c1OC)CCCCC(C)CCc1ccc(O)c-2c1. The Hall–Kier alpha value is -3.14. The number of methoxy groups -OCH3 is 2. The van der Waals surface area contributed by atoms with Gasteiger partial charge in [-0.1, -0.05) is 56.2 Å². The predicted molar refractivity (Wildman–Crippen MR) is 132 cm³/mol. The van der Waals surface area contributed by atoms with E-state index in [9.17, 15) is 5.11 Å². The van der Waals surface area contributed by atoms with E-state index in [-0.39, 0.29) is 5.75 Å². The molecule has 4 nitrogen and oxygen atoms in total. The highest BCUT2D eigenvalue weighted by Crippen LogP contribution is 2.49. The van der Waals surface area contributed by atoms with Crippen LogP contribution >= 0.6 is 0 Å². The molecule has 0 saturated carbocycles. The molecule has 3 aromatic carbocycles. The van der Waals surface area contributed by atoms with Crippen LogP contribution < -0.4 is 14.2 Å². The molecule has 0 spiro atoms. The van der Waals surface area contributed by atoms with Crippen molar-refractivity contribution in [3.05, 3.63) is 71.3 Å². The first kappa shape index (κ1) is 23.0. The van der Waals surface area contributed by atoms with Crippen molar-refractivity contribution in [2.45, 2.75) is 52.1 Å². The van der Waals surface area contributed by atoms with Crippen LogP contribution in [0, 0.1) is 5.92 Å². The molecule has 0 aliphatic heterocycles. The van der Waals surface area contributed by atoms with Crippen LogP contribution in [0.2, 0.25) is 0 Å². The molecule has 0 radical (unpaired) electrons. The summed E-state index contributed by atoms with van der Waals surface area (Å²) in [5.41, 5.74) is 5.00. The normalized spacial score (nSPS) is 16.2. The van der Waals surface area contributed by atoms with Gasteiger partial charge in [0.25, 0.3) is 0 Å². The summed E-state index contributed by atoms with van der Waals surface area (Å²) in [6, 6.07) is 18.1. The maximum Gasteiger partial charge on any atom is 0.204 e. The lowest BCUT2D eigenvalue weighted by molar-refractivity contribution is 0.272. The zero-order chi connectivity index (χ0) is 23.2. The van der Waals surface area contributed by atoms with E-state index in [0.717, 1.165) is 53.7 Å². The van der Waals surface area contributed by atoms with Crippen molar-refractivity contribution in [1.82, 2.24) is 0 Å². The Labute approximate surface area is 197 Å². The summed E-state index contributed by atoms with van der Waals surface area (Å²) >= 11 is 0. The van der Waals surface area contributed by atoms with Crippen LogP contribution in [0.25, 0.3) is 11.1 Å². The van der Waals surface area contributed by atoms with Crippen LogP contribution in [0.4, 0.5) is 0 Å². The van der Waals surface area contributed by atoms with E-state index in [1.807, 2.05) is 24.3 Å². The van der Waals surface area contributed by atoms with E-state index < -0.39 is 0 Å². The zero-order valence-electron chi connectivity index (χ0n) is 19.9. The molecule has 0 amide bonds. The van der Waals surface area contributed by atoms with Gasteiger partial charge in [-0.05, 0) is 66.5 Å². The number of aromatic hydroxyl groups is 1. The lowest BCUT2D eigenvalue weighted by Gasteiger charge is -2.21.